The average molecular weight is 326 g/mol. The van der Waals surface area contributed by atoms with Crippen molar-refractivity contribution < 1.29 is 9.53 Å². The van der Waals surface area contributed by atoms with Crippen molar-refractivity contribution in [1.82, 2.24) is 15.6 Å². The van der Waals surface area contributed by atoms with Crippen LogP contribution >= 0.6 is 0 Å². The lowest BCUT2D eigenvalue weighted by molar-refractivity contribution is 0.223. The summed E-state index contributed by atoms with van der Waals surface area (Å²) in [6.07, 6.45) is 2.51. The van der Waals surface area contributed by atoms with Gasteiger partial charge in [0.1, 0.15) is 11.6 Å². The molecule has 1 atom stereocenters. The first-order valence-corrected chi connectivity index (χ1v) is 8.02. The number of hydrogen-bond acceptors (Lipinski definition) is 4. The van der Waals surface area contributed by atoms with Gasteiger partial charge in [0, 0.05) is 44.4 Å². The van der Waals surface area contributed by atoms with Crippen molar-refractivity contribution in [2.75, 3.05) is 25.6 Å². The molecule has 1 aliphatic heterocycles. The minimum Gasteiger partial charge on any atom is -0.493 e. The van der Waals surface area contributed by atoms with Gasteiger partial charge < -0.3 is 20.3 Å². The fourth-order valence-corrected chi connectivity index (χ4v) is 2.85. The molecule has 0 saturated heterocycles. The highest BCUT2D eigenvalue weighted by Crippen LogP contribution is 2.31. The van der Waals surface area contributed by atoms with E-state index in [2.05, 4.69) is 15.6 Å². The molecule has 3 rings (SSSR count). The number of carbonyl (C=O) groups excluding carboxylic acids is 1. The predicted molar refractivity (Wildman–Crippen MR) is 93.2 cm³/mol. The molecule has 1 aromatic heterocycles. The Labute approximate surface area is 141 Å². The third kappa shape index (κ3) is 3.59. The zero-order valence-electron chi connectivity index (χ0n) is 14.0. The molecule has 2 aromatic rings. The van der Waals surface area contributed by atoms with Crippen molar-refractivity contribution in [2.24, 2.45) is 0 Å². The lowest BCUT2D eigenvalue weighted by Crippen LogP contribution is -2.39. The molecule has 0 spiro atoms. The van der Waals surface area contributed by atoms with E-state index >= 15 is 0 Å². The molecule has 126 valence electrons. The summed E-state index contributed by atoms with van der Waals surface area (Å²) in [5, 5.41) is 5.94. The summed E-state index contributed by atoms with van der Waals surface area (Å²) < 4.78 is 5.62. The first-order valence-electron chi connectivity index (χ1n) is 8.02. The van der Waals surface area contributed by atoms with Gasteiger partial charge in [0.05, 0.1) is 12.6 Å². The summed E-state index contributed by atoms with van der Waals surface area (Å²) in [7, 11) is 3.87. The molecule has 0 radical (unpaired) electrons. The number of amides is 2. The SMILES string of the molecule is CN(C)c1ncccc1CNC(=O)NC1CCOc2ccccc21. The third-order valence-corrected chi connectivity index (χ3v) is 3.99. The van der Waals surface area contributed by atoms with E-state index in [0.29, 0.717) is 13.2 Å². The Hall–Kier alpha value is -2.76. The van der Waals surface area contributed by atoms with Crippen LogP contribution in [0, 0.1) is 0 Å². The van der Waals surface area contributed by atoms with Gasteiger partial charge in [0.25, 0.3) is 0 Å². The van der Waals surface area contributed by atoms with Crippen LogP contribution in [0.3, 0.4) is 0 Å². The number of ether oxygens (including phenoxy) is 1. The zero-order valence-corrected chi connectivity index (χ0v) is 14.0. The molecule has 2 amide bonds. The van der Waals surface area contributed by atoms with Gasteiger partial charge in [0.2, 0.25) is 0 Å². The number of nitrogens with zero attached hydrogens (tertiary/aromatic N) is 2. The van der Waals surface area contributed by atoms with Crippen molar-refractivity contribution in [2.45, 2.75) is 19.0 Å². The Balaban J connectivity index is 1.61. The number of anilines is 1. The van der Waals surface area contributed by atoms with Crippen LogP contribution in [-0.4, -0.2) is 31.7 Å². The quantitative estimate of drug-likeness (QED) is 0.906. The lowest BCUT2D eigenvalue weighted by Gasteiger charge is -2.26. The molecular weight excluding hydrogens is 304 g/mol. The minimum atomic E-state index is -0.190. The average Bonchev–Trinajstić information content (AvgIpc) is 2.60. The normalized spacial score (nSPS) is 15.8. The van der Waals surface area contributed by atoms with Gasteiger partial charge in [-0.05, 0) is 12.1 Å². The Morgan fingerprint density at radius 1 is 1.29 bits per heavy atom. The number of aromatic nitrogens is 1. The van der Waals surface area contributed by atoms with Crippen molar-refractivity contribution in [1.29, 1.82) is 0 Å². The molecular formula is C18H22N4O2. The largest absolute Gasteiger partial charge is 0.493 e. The van der Waals surface area contributed by atoms with Crippen LogP contribution in [0.2, 0.25) is 0 Å². The van der Waals surface area contributed by atoms with E-state index in [1.807, 2.05) is 55.4 Å². The van der Waals surface area contributed by atoms with Gasteiger partial charge in [0.15, 0.2) is 0 Å². The first-order chi connectivity index (χ1) is 11.6. The first kappa shape index (κ1) is 16.1. The van der Waals surface area contributed by atoms with E-state index in [-0.39, 0.29) is 12.1 Å². The maximum atomic E-state index is 12.3. The number of hydrogen-bond donors (Lipinski definition) is 2. The molecule has 1 aliphatic rings. The minimum absolute atomic E-state index is 0.0304. The van der Waals surface area contributed by atoms with Gasteiger partial charge in [-0.2, -0.15) is 0 Å². The summed E-state index contributed by atoms with van der Waals surface area (Å²) in [6, 6.07) is 11.4. The topological polar surface area (TPSA) is 66.5 Å². The van der Waals surface area contributed by atoms with Crippen molar-refractivity contribution in [3.8, 4) is 5.75 Å². The second kappa shape index (κ2) is 7.21. The number of urea groups is 1. The molecule has 0 saturated carbocycles. The lowest BCUT2D eigenvalue weighted by atomic mass is 10.0. The highest BCUT2D eigenvalue weighted by molar-refractivity contribution is 5.75. The van der Waals surface area contributed by atoms with Crippen LogP contribution < -0.4 is 20.3 Å². The van der Waals surface area contributed by atoms with Gasteiger partial charge in [-0.3, -0.25) is 0 Å². The molecule has 6 nitrogen and oxygen atoms in total. The van der Waals surface area contributed by atoms with E-state index in [1.54, 1.807) is 6.20 Å². The van der Waals surface area contributed by atoms with Crippen LogP contribution in [0.15, 0.2) is 42.6 Å². The summed E-state index contributed by atoms with van der Waals surface area (Å²) in [4.78, 5) is 18.6. The van der Waals surface area contributed by atoms with Crippen LogP contribution in [0.1, 0.15) is 23.6 Å². The fraction of sp³-hybridized carbons (Fsp3) is 0.333. The van der Waals surface area contributed by atoms with E-state index in [4.69, 9.17) is 4.74 Å². The molecule has 6 heteroatoms. The van der Waals surface area contributed by atoms with E-state index in [0.717, 1.165) is 29.1 Å². The van der Waals surface area contributed by atoms with Gasteiger partial charge in [-0.1, -0.05) is 24.3 Å². The molecule has 2 N–H and O–H groups in total. The highest BCUT2D eigenvalue weighted by atomic mass is 16.5. The van der Waals surface area contributed by atoms with E-state index in [9.17, 15) is 4.79 Å². The molecule has 0 aliphatic carbocycles. The van der Waals surface area contributed by atoms with Gasteiger partial charge >= 0.3 is 6.03 Å². The third-order valence-electron chi connectivity index (χ3n) is 3.99. The number of fused-ring (bicyclic) bond motifs is 1. The number of nitrogens with one attached hydrogen (secondary N) is 2. The van der Waals surface area contributed by atoms with Gasteiger partial charge in [-0.15, -0.1) is 0 Å². The molecule has 1 aromatic carbocycles. The Bertz CT molecular complexity index is 718. The summed E-state index contributed by atoms with van der Waals surface area (Å²) in [6.45, 7) is 1.04. The summed E-state index contributed by atoms with van der Waals surface area (Å²) in [5.74, 6) is 1.70. The van der Waals surface area contributed by atoms with Gasteiger partial charge in [-0.25, -0.2) is 9.78 Å². The van der Waals surface area contributed by atoms with E-state index < -0.39 is 0 Å². The molecule has 24 heavy (non-hydrogen) atoms. The maximum Gasteiger partial charge on any atom is 0.315 e. The second-order valence-corrected chi connectivity index (χ2v) is 5.94. The van der Waals surface area contributed by atoms with Crippen LogP contribution in [0.25, 0.3) is 0 Å². The monoisotopic (exact) mass is 326 g/mol. The molecule has 2 heterocycles. The summed E-state index contributed by atoms with van der Waals surface area (Å²) in [5.41, 5.74) is 2.00. The Kier molecular flexibility index (Phi) is 4.84. The van der Waals surface area contributed by atoms with Crippen molar-refractivity contribution in [3.05, 3.63) is 53.7 Å². The van der Waals surface area contributed by atoms with Crippen molar-refractivity contribution >= 4 is 11.8 Å². The Morgan fingerprint density at radius 2 is 2.12 bits per heavy atom. The highest BCUT2D eigenvalue weighted by Gasteiger charge is 2.22. The second-order valence-electron chi connectivity index (χ2n) is 5.94. The molecule has 0 bridgehead atoms. The number of rotatable bonds is 4. The van der Waals surface area contributed by atoms with E-state index in [1.165, 1.54) is 0 Å². The number of pyridine rings is 1. The molecule has 1 unspecified atom stereocenters. The van der Waals surface area contributed by atoms with Crippen LogP contribution in [0.5, 0.6) is 5.75 Å². The number of para-hydroxylation sites is 1. The van der Waals surface area contributed by atoms with Crippen LogP contribution in [-0.2, 0) is 6.54 Å². The summed E-state index contributed by atoms with van der Waals surface area (Å²) >= 11 is 0. The Morgan fingerprint density at radius 3 is 2.96 bits per heavy atom. The predicted octanol–water partition coefficient (Wildman–Crippen LogP) is 2.47. The fourth-order valence-electron chi connectivity index (χ4n) is 2.85. The molecule has 0 fully saturated rings. The standard InChI is InChI=1S/C18H22N4O2/c1-22(2)17-13(6-5-10-19-17)12-20-18(23)21-15-9-11-24-16-8-4-3-7-14(15)16/h3-8,10,15H,9,11-12H2,1-2H3,(H2,20,21,23). The zero-order chi connectivity index (χ0) is 16.9. The number of carbonyl (C=O) groups is 1. The number of benzene rings is 1. The maximum absolute atomic E-state index is 12.3. The van der Waals surface area contributed by atoms with Crippen LogP contribution in [0.4, 0.5) is 10.6 Å². The van der Waals surface area contributed by atoms with Crippen molar-refractivity contribution in [3.63, 3.8) is 0 Å². The smallest absolute Gasteiger partial charge is 0.315 e.